The number of sulfonamides is 1. The summed E-state index contributed by atoms with van der Waals surface area (Å²) in [5, 5.41) is 0.637. The summed E-state index contributed by atoms with van der Waals surface area (Å²) in [5.74, 6) is -0.485. The second-order valence-electron chi connectivity index (χ2n) is 8.12. The molecule has 1 amide bonds. The summed E-state index contributed by atoms with van der Waals surface area (Å²) in [5.41, 5.74) is 4.00. The van der Waals surface area contributed by atoms with Crippen molar-refractivity contribution < 1.29 is 13.2 Å². The third-order valence-corrected chi connectivity index (χ3v) is 8.18. The molecule has 2 aromatic heterocycles. The maximum Gasteiger partial charge on any atom is 0.233 e. The van der Waals surface area contributed by atoms with E-state index >= 15 is 0 Å². The maximum atomic E-state index is 13.7. The van der Waals surface area contributed by atoms with Crippen molar-refractivity contribution in [3.05, 3.63) is 53.3 Å². The largest absolute Gasteiger partial charge is 0.283 e. The lowest BCUT2D eigenvalue weighted by molar-refractivity contribution is -0.123. The van der Waals surface area contributed by atoms with E-state index in [-0.39, 0.29) is 12.5 Å². The summed E-state index contributed by atoms with van der Waals surface area (Å²) in [6, 6.07) is 7.88. The first-order valence-corrected chi connectivity index (χ1v) is 12.9. The van der Waals surface area contributed by atoms with Crippen LogP contribution in [0.3, 0.4) is 0 Å². The fraction of sp³-hybridized carbons (Fsp3) is 0.409. The Morgan fingerprint density at radius 3 is 2.71 bits per heavy atom. The average Bonchev–Trinajstić information content (AvgIpc) is 3.21. The molecule has 1 aliphatic heterocycles. The van der Waals surface area contributed by atoms with Gasteiger partial charge < -0.3 is 0 Å². The molecule has 1 unspecified atom stereocenters. The van der Waals surface area contributed by atoms with Crippen molar-refractivity contribution in [2.45, 2.75) is 33.2 Å². The lowest BCUT2D eigenvalue weighted by atomic mass is 9.98. The normalized spacial score (nSPS) is 17.7. The number of benzene rings is 1. The number of hydrogen-bond donors (Lipinski definition) is 0. The standard InChI is InChI=1S/C22H26N4O3S2/c1-15-8-9-16(2)20-19(15)24-22(30-20)26(13-17-6-4-10-23-12-17)21(27)18-7-5-11-25(14-18)31(3,28)29/h4,6,8-10,12,18H,5,7,11,13-14H2,1-3H3. The number of piperidine rings is 1. The summed E-state index contributed by atoms with van der Waals surface area (Å²) in [6.07, 6.45) is 5.98. The Bertz CT molecular complexity index is 1170. The van der Waals surface area contributed by atoms with E-state index in [0.717, 1.165) is 26.9 Å². The molecule has 1 atom stereocenters. The Morgan fingerprint density at radius 1 is 1.26 bits per heavy atom. The Morgan fingerprint density at radius 2 is 2.03 bits per heavy atom. The van der Waals surface area contributed by atoms with Gasteiger partial charge in [0.2, 0.25) is 15.9 Å². The van der Waals surface area contributed by atoms with Crippen LogP contribution in [0.5, 0.6) is 0 Å². The molecule has 0 saturated carbocycles. The van der Waals surface area contributed by atoms with E-state index in [4.69, 9.17) is 4.98 Å². The van der Waals surface area contributed by atoms with Gasteiger partial charge in [-0.25, -0.2) is 17.7 Å². The molecule has 1 aromatic carbocycles. The Kier molecular flexibility index (Phi) is 6.09. The van der Waals surface area contributed by atoms with Crippen molar-refractivity contribution in [2.75, 3.05) is 24.2 Å². The second kappa shape index (κ2) is 8.64. The van der Waals surface area contributed by atoms with Gasteiger partial charge in [0.05, 0.1) is 28.9 Å². The molecular formula is C22H26N4O3S2. The van der Waals surface area contributed by atoms with Crippen molar-refractivity contribution in [2.24, 2.45) is 5.92 Å². The summed E-state index contributed by atoms with van der Waals surface area (Å²) in [4.78, 5) is 24.4. The van der Waals surface area contributed by atoms with Crippen molar-refractivity contribution in [3.8, 4) is 0 Å². The number of aromatic nitrogens is 2. The highest BCUT2D eigenvalue weighted by Gasteiger charge is 2.34. The van der Waals surface area contributed by atoms with Gasteiger partial charge in [-0.1, -0.05) is 29.5 Å². The van der Waals surface area contributed by atoms with Gasteiger partial charge in [-0.3, -0.25) is 14.7 Å². The van der Waals surface area contributed by atoms with Crippen LogP contribution in [0.2, 0.25) is 0 Å². The molecule has 0 N–H and O–H groups in total. The van der Waals surface area contributed by atoms with Crippen LogP contribution in [-0.4, -0.2) is 47.9 Å². The summed E-state index contributed by atoms with van der Waals surface area (Å²) in [7, 11) is -3.33. The first-order valence-electron chi connectivity index (χ1n) is 10.3. The van der Waals surface area contributed by atoms with Gasteiger partial charge in [-0.05, 0) is 49.4 Å². The topological polar surface area (TPSA) is 83.5 Å². The van der Waals surface area contributed by atoms with E-state index in [1.54, 1.807) is 17.3 Å². The number of carbonyl (C=O) groups excluding carboxylic acids is 1. The molecule has 1 aliphatic rings. The van der Waals surface area contributed by atoms with Crippen LogP contribution in [0.15, 0.2) is 36.7 Å². The molecule has 3 heterocycles. The number of amides is 1. The lowest BCUT2D eigenvalue weighted by Crippen LogP contribution is -2.46. The van der Waals surface area contributed by atoms with Crippen LogP contribution in [0.4, 0.5) is 5.13 Å². The number of hydrogen-bond acceptors (Lipinski definition) is 6. The van der Waals surface area contributed by atoms with Crippen LogP contribution < -0.4 is 4.90 Å². The van der Waals surface area contributed by atoms with Gasteiger partial charge in [0, 0.05) is 25.5 Å². The molecule has 1 saturated heterocycles. The predicted molar refractivity (Wildman–Crippen MR) is 124 cm³/mol. The highest BCUT2D eigenvalue weighted by atomic mass is 32.2. The molecule has 9 heteroatoms. The monoisotopic (exact) mass is 458 g/mol. The van der Waals surface area contributed by atoms with E-state index < -0.39 is 15.9 Å². The maximum absolute atomic E-state index is 13.7. The van der Waals surface area contributed by atoms with Crippen LogP contribution in [0.1, 0.15) is 29.5 Å². The highest BCUT2D eigenvalue weighted by Crippen LogP contribution is 2.35. The molecule has 0 radical (unpaired) electrons. The number of fused-ring (bicyclic) bond motifs is 1. The van der Waals surface area contributed by atoms with Crippen molar-refractivity contribution in [3.63, 3.8) is 0 Å². The van der Waals surface area contributed by atoms with E-state index in [1.807, 2.05) is 32.0 Å². The SMILES string of the molecule is Cc1ccc(C)c2sc(N(Cc3cccnc3)C(=O)C3CCCN(S(C)(=O)=O)C3)nc12. The molecule has 4 rings (SSSR count). The minimum Gasteiger partial charge on any atom is -0.283 e. The van der Waals surface area contributed by atoms with Gasteiger partial charge in [0.1, 0.15) is 0 Å². The van der Waals surface area contributed by atoms with Crippen LogP contribution in [0.25, 0.3) is 10.2 Å². The number of rotatable bonds is 5. The number of pyridine rings is 1. The van der Waals surface area contributed by atoms with Crippen molar-refractivity contribution >= 4 is 42.6 Å². The van der Waals surface area contributed by atoms with E-state index in [9.17, 15) is 13.2 Å². The lowest BCUT2D eigenvalue weighted by Gasteiger charge is -2.33. The zero-order valence-electron chi connectivity index (χ0n) is 17.9. The summed E-state index contributed by atoms with van der Waals surface area (Å²) >= 11 is 1.51. The van der Waals surface area contributed by atoms with Crippen LogP contribution in [0, 0.1) is 19.8 Å². The van der Waals surface area contributed by atoms with E-state index in [1.165, 1.54) is 21.9 Å². The number of thiazole rings is 1. The number of carbonyl (C=O) groups is 1. The predicted octanol–water partition coefficient (Wildman–Crippen LogP) is 3.51. The quantitative estimate of drug-likeness (QED) is 0.584. The third-order valence-electron chi connectivity index (χ3n) is 5.69. The van der Waals surface area contributed by atoms with Gasteiger partial charge in [-0.15, -0.1) is 0 Å². The van der Waals surface area contributed by atoms with E-state index in [0.29, 0.717) is 31.1 Å². The molecule has 0 aliphatic carbocycles. The van der Waals surface area contributed by atoms with Crippen molar-refractivity contribution in [1.82, 2.24) is 14.3 Å². The molecule has 3 aromatic rings. The molecule has 1 fully saturated rings. The number of anilines is 1. The van der Waals surface area contributed by atoms with Crippen LogP contribution >= 0.6 is 11.3 Å². The number of aryl methyl sites for hydroxylation is 2. The Balaban J connectivity index is 1.72. The van der Waals surface area contributed by atoms with Gasteiger partial charge in [0.15, 0.2) is 5.13 Å². The fourth-order valence-corrected chi connectivity index (χ4v) is 5.97. The minimum atomic E-state index is -3.33. The molecular weight excluding hydrogens is 432 g/mol. The molecule has 7 nitrogen and oxygen atoms in total. The van der Waals surface area contributed by atoms with Crippen LogP contribution in [-0.2, 0) is 21.4 Å². The summed E-state index contributed by atoms with van der Waals surface area (Å²) in [6.45, 7) is 5.08. The highest BCUT2D eigenvalue weighted by molar-refractivity contribution is 7.88. The minimum absolute atomic E-state index is 0.0911. The van der Waals surface area contributed by atoms with Crippen molar-refractivity contribution in [1.29, 1.82) is 0 Å². The zero-order chi connectivity index (χ0) is 22.2. The Hall–Kier alpha value is -2.36. The van der Waals surface area contributed by atoms with E-state index in [2.05, 4.69) is 11.1 Å². The van der Waals surface area contributed by atoms with Gasteiger partial charge in [0.25, 0.3) is 0 Å². The van der Waals surface area contributed by atoms with Gasteiger partial charge >= 0.3 is 0 Å². The third kappa shape index (κ3) is 4.63. The number of nitrogens with zero attached hydrogens (tertiary/aromatic N) is 4. The zero-order valence-corrected chi connectivity index (χ0v) is 19.5. The molecule has 31 heavy (non-hydrogen) atoms. The fourth-order valence-electron chi connectivity index (χ4n) is 3.94. The molecule has 0 spiro atoms. The average molecular weight is 459 g/mol. The second-order valence-corrected chi connectivity index (χ2v) is 11.1. The molecule has 0 bridgehead atoms. The first-order chi connectivity index (χ1) is 14.7. The smallest absolute Gasteiger partial charge is 0.233 e. The first kappa shape index (κ1) is 21.9. The summed E-state index contributed by atoms with van der Waals surface area (Å²) < 4.78 is 26.6. The Labute approximate surface area is 186 Å². The van der Waals surface area contributed by atoms with Gasteiger partial charge in [-0.2, -0.15) is 0 Å². The molecule has 164 valence electrons.